The quantitative estimate of drug-likeness (QED) is 0.818. The highest BCUT2D eigenvalue weighted by molar-refractivity contribution is 5.10. The molecule has 17 heavy (non-hydrogen) atoms. The molecule has 0 radical (unpaired) electrons. The topological polar surface area (TPSA) is 30.5 Å². The molecule has 3 atom stereocenters. The van der Waals surface area contributed by atoms with Gasteiger partial charge in [-0.1, -0.05) is 13.8 Å². The number of fused-ring (bicyclic) bond motifs is 1. The number of hydrogen-bond donors (Lipinski definition) is 1. The number of rotatable bonds is 4. The first-order chi connectivity index (χ1) is 7.88. The van der Waals surface area contributed by atoms with E-state index in [2.05, 4.69) is 33.0 Å². The standard InChI is InChI=1S/C14H27NO2/c1-13(2,16-5)9-15-11-10-7-6-8-17-12(10)14(11,3)4/h10-12,15H,6-9H2,1-5H3. The van der Waals surface area contributed by atoms with Crippen molar-refractivity contribution in [2.75, 3.05) is 20.3 Å². The fourth-order valence-electron chi connectivity index (χ4n) is 3.36. The Labute approximate surface area is 105 Å². The van der Waals surface area contributed by atoms with Gasteiger partial charge in [0.2, 0.25) is 0 Å². The SMILES string of the molecule is COC(C)(C)CNC1C2CCCOC2C1(C)C. The Bertz CT molecular complexity index is 275. The van der Waals surface area contributed by atoms with E-state index >= 15 is 0 Å². The lowest BCUT2D eigenvalue weighted by Crippen LogP contribution is -2.70. The smallest absolute Gasteiger partial charge is 0.0746 e. The van der Waals surface area contributed by atoms with Crippen LogP contribution in [0, 0.1) is 11.3 Å². The van der Waals surface area contributed by atoms with Crippen molar-refractivity contribution in [1.82, 2.24) is 5.32 Å². The Balaban J connectivity index is 1.92. The summed E-state index contributed by atoms with van der Waals surface area (Å²) < 4.78 is 11.4. The molecule has 2 aliphatic rings. The van der Waals surface area contributed by atoms with Gasteiger partial charge in [0.05, 0.1) is 11.7 Å². The van der Waals surface area contributed by atoms with Crippen LogP contribution in [0.5, 0.6) is 0 Å². The van der Waals surface area contributed by atoms with Gasteiger partial charge in [-0.25, -0.2) is 0 Å². The highest BCUT2D eigenvalue weighted by atomic mass is 16.5. The van der Waals surface area contributed by atoms with E-state index in [4.69, 9.17) is 9.47 Å². The second-order valence-corrected chi connectivity index (χ2v) is 6.74. The Hall–Kier alpha value is -0.120. The minimum Gasteiger partial charge on any atom is -0.377 e. The van der Waals surface area contributed by atoms with Gasteiger partial charge in [-0.2, -0.15) is 0 Å². The summed E-state index contributed by atoms with van der Waals surface area (Å²) in [5.74, 6) is 0.700. The predicted octanol–water partition coefficient (Wildman–Crippen LogP) is 2.20. The van der Waals surface area contributed by atoms with Gasteiger partial charge in [-0.05, 0) is 26.7 Å². The summed E-state index contributed by atoms with van der Waals surface area (Å²) in [6.07, 6.45) is 2.97. The van der Waals surface area contributed by atoms with Crippen molar-refractivity contribution in [3.8, 4) is 0 Å². The van der Waals surface area contributed by atoms with Crippen molar-refractivity contribution >= 4 is 0 Å². The van der Waals surface area contributed by atoms with Crippen LogP contribution in [0.25, 0.3) is 0 Å². The van der Waals surface area contributed by atoms with E-state index in [1.807, 2.05) is 0 Å². The fraction of sp³-hybridized carbons (Fsp3) is 1.00. The van der Waals surface area contributed by atoms with Crippen LogP contribution in [0.1, 0.15) is 40.5 Å². The molecular weight excluding hydrogens is 214 g/mol. The molecule has 0 aromatic rings. The summed E-state index contributed by atoms with van der Waals surface area (Å²) in [7, 11) is 1.78. The molecule has 0 bridgehead atoms. The van der Waals surface area contributed by atoms with Gasteiger partial charge in [0.25, 0.3) is 0 Å². The zero-order chi connectivity index (χ0) is 12.7. The third-order valence-corrected chi connectivity index (χ3v) is 4.63. The lowest BCUT2D eigenvalue weighted by Gasteiger charge is -2.60. The molecule has 0 aromatic heterocycles. The Morgan fingerprint density at radius 3 is 2.76 bits per heavy atom. The van der Waals surface area contributed by atoms with E-state index in [0.29, 0.717) is 18.1 Å². The van der Waals surface area contributed by atoms with Crippen molar-refractivity contribution in [3.63, 3.8) is 0 Å². The van der Waals surface area contributed by atoms with Crippen LogP contribution in [0.4, 0.5) is 0 Å². The molecule has 0 amide bonds. The van der Waals surface area contributed by atoms with Gasteiger partial charge in [0.1, 0.15) is 0 Å². The largest absolute Gasteiger partial charge is 0.377 e. The van der Waals surface area contributed by atoms with Gasteiger partial charge in [0.15, 0.2) is 0 Å². The Morgan fingerprint density at radius 1 is 1.41 bits per heavy atom. The minimum absolute atomic E-state index is 0.0866. The van der Waals surface area contributed by atoms with Crippen LogP contribution < -0.4 is 5.32 Å². The second kappa shape index (κ2) is 4.52. The maximum atomic E-state index is 5.91. The van der Waals surface area contributed by atoms with Gasteiger partial charge in [0, 0.05) is 37.6 Å². The summed E-state index contributed by atoms with van der Waals surface area (Å²) in [5, 5.41) is 3.69. The first-order valence-electron chi connectivity index (χ1n) is 6.78. The third-order valence-electron chi connectivity index (χ3n) is 4.63. The van der Waals surface area contributed by atoms with Gasteiger partial charge < -0.3 is 14.8 Å². The summed E-state index contributed by atoms with van der Waals surface area (Å²) in [5.41, 5.74) is 0.172. The van der Waals surface area contributed by atoms with Crippen LogP contribution >= 0.6 is 0 Å². The number of methoxy groups -OCH3 is 1. The maximum Gasteiger partial charge on any atom is 0.0746 e. The summed E-state index contributed by atoms with van der Waals surface area (Å²) in [6, 6.07) is 0.572. The first-order valence-corrected chi connectivity index (χ1v) is 6.78. The first kappa shape index (κ1) is 13.3. The zero-order valence-electron chi connectivity index (χ0n) is 11.9. The molecule has 3 nitrogen and oxygen atoms in total. The third kappa shape index (κ3) is 2.38. The predicted molar refractivity (Wildman–Crippen MR) is 69.1 cm³/mol. The highest BCUT2D eigenvalue weighted by Crippen LogP contribution is 2.51. The molecule has 1 saturated carbocycles. The van der Waals surface area contributed by atoms with E-state index in [9.17, 15) is 0 Å². The molecule has 0 aromatic carbocycles. The molecule has 2 fully saturated rings. The molecular formula is C14H27NO2. The Kier molecular flexibility index (Phi) is 3.54. The van der Waals surface area contributed by atoms with Crippen molar-refractivity contribution in [3.05, 3.63) is 0 Å². The van der Waals surface area contributed by atoms with Crippen LogP contribution in [-0.2, 0) is 9.47 Å². The molecule has 1 aliphatic heterocycles. The monoisotopic (exact) mass is 241 g/mol. The van der Waals surface area contributed by atoms with E-state index in [-0.39, 0.29) is 11.0 Å². The van der Waals surface area contributed by atoms with Crippen LogP contribution in [0.15, 0.2) is 0 Å². The Morgan fingerprint density at radius 2 is 2.12 bits per heavy atom. The normalized spacial score (nSPS) is 36.2. The van der Waals surface area contributed by atoms with E-state index < -0.39 is 0 Å². The van der Waals surface area contributed by atoms with Crippen LogP contribution in [0.2, 0.25) is 0 Å². The molecule has 3 heteroatoms. The van der Waals surface area contributed by atoms with E-state index in [1.165, 1.54) is 12.8 Å². The number of ether oxygens (including phenoxy) is 2. The van der Waals surface area contributed by atoms with E-state index in [1.54, 1.807) is 7.11 Å². The van der Waals surface area contributed by atoms with Crippen molar-refractivity contribution in [2.45, 2.75) is 58.3 Å². The van der Waals surface area contributed by atoms with Crippen LogP contribution in [0.3, 0.4) is 0 Å². The molecule has 2 rings (SSSR count). The fourth-order valence-corrected chi connectivity index (χ4v) is 3.36. The average Bonchev–Trinajstić information content (AvgIpc) is 2.29. The van der Waals surface area contributed by atoms with Crippen LogP contribution in [-0.4, -0.2) is 38.0 Å². The van der Waals surface area contributed by atoms with Crippen molar-refractivity contribution < 1.29 is 9.47 Å². The molecule has 100 valence electrons. The molecule has 0 spiro atoms. The van der Waals surface area contributed by atoms with Crippen molar-refractivity contribution in [2.24, 2.45) is 11.3 Å². The van der Waals surface area contributed by atoms with Gasteiger partial charge in [-0.15, -0.1) is 0 Å². The average molecular weight is 241 g/mol. The minimum atomic E-state index is -0.0866. The van der Waals surface area contributed by atoms with Gasteiger partial charge >= 0.3 is 0 Å². The summed E-state index contributed by atoms with van der Waals surface area (Å²) >= 11 is 0. The summed E-state index contributed by atoms with van der Waals surface area (Å²) in [4.78, 5) is 0. The molecule has 3 unspecified atom stereocenters. The number of hydrogen-bond acceptors (Lipinski definition) is 3. The zero-order valence-corrected chi connectivity index (χ0v) is 11.9. The lowest BCUT2D eigenvalue weighted by atomic mass is 9.55. The highest BCUT2D eigenvalue weighted by Gasteiger charge is 2.57. The number of nitrogens with one attached hydrogen (secondary N) is 1. The molecule has 1 heterocycles. The van der Waals surface area contributed by atoms with Crippen molar-refractivity contribution in [1.29, 1.82) is 0 Å². The summed E-state index contributed by atoms with van der Waals surface area (Å²) in [6.45, 7) is 10.7. The second-order valence-electron chi connectivity index (χ2n) is 6.74. The molecule has 1 N–H and O–H groups in total. The van der Waals surface area contributed by atoms with E-state index in [0.717, 1.165) is 13.2 Å². The lowest BCUT2D eigenvalue weighted by molar-refractivity contribution is -0.194. The van der Waals surface area contributed by atoms with Gasteiger partial charge in [-0.3, -0.25) is 0 Å². The molecule has 1 aliphatic carbocycles. The molecule has 1 saturated heterocycles. The maximum absolute atomic E-state index is 5.91.